The van der Waals surface area contributed by atoms with Crippen molar-refractivity contribution in [3.05, 3.63) is 0 Å². The Balaban J connectivity index is 2.10. The quantitative estimate of drug-likeness (QED) is 0.539. The predicted octanol–water partition coefficient (Wildman–Crippen LogP) is 2.84. The van der Waals surface area contributed by atoms with Crippen LogP contribution in [0, 0.1) is 0 Å². The fourth-order valence-corrected chi connectivity index (χ4v) is 4.51. The van der Waals surface area contributed by atoms with Crippen molar-refractivity contribution in [3.8, 4) is 0 Å². The van der Waals surface area contributed by atoms with Crippen molar-refractivity contribution in [2.24, 2.45) is 0 Å². The molecular weight excluding hydrogens is 215 g/mol. The zero-order valence-electron chi connectivity index (χ0n) is 7.84. The molecule has 0 aromatic heterocycles. The van der Waals surface area contributed by atoms with Gasteiger partial charge in [0.2, 0.25) is 0 Å². The molecule has 0 N–H and O–H groups in total. The number of rotatable bonds is 4. The van der Waals surface area contributed by atoms with Gasteiger partial charge >= 0.3 is 81.1 Å². The van der Waals surface area contributed by atoms with E-state index in [1.807, 2.05) is 0 Å². The molecular formula is C10H18OSe. The van der Waals surface area contributed by atoms with Crippen molar-refractivity contribution < 1.29 is 4.79 Å². The number of carbonyl (C=O) groups is 1. The van der Waals surface area contributed by atoms with Gasteiger partial charge in [-0.25, -0.2) is 0 Å². The molecule has 12 heavy (non-hydrogen) atoms. The van der Waals surface area contributed by atoms with Gasteiger partial charge in [-0.3, -0.25) is 0 Å². The van der Waals surface area contributed by atoms with Crippen molar-refractivity contribution in [3.63, 3.8) is 0 Å². The van der Waals surface area contributed by atoms with Gasteiger partial charge in [-0.15, -0.1) is 0 Å². The van der Waals surface area contributed by atoms with E-state index in [9.17, 15) is 4.79 Å². The molecule has 0 bridgehead atoms. The molecule has 0 saturated heterocycles. The zero-order valence-corrected chi connectivity index (χ0v) is 9.56. The van der Waals surface area contributed by atoms with Gasteiger partial charge in [0.1, 0.15) is 0 Å². The third-order valence-corrected chi connectivity index (χ3v) is 5.22. The fourth-order valence-electron chi connectivity index (χ4n) is 1.52. The molecule has 0 aromatic carbocycles. The Bertz CT molecular complexity index is 145. The molecule has 0 aromatic rings. The normalized spacial score (nSPS) is 24.4. The van der Waals surface area contributed by atoms with Crippen molar-refractivity contribution in [2.45, 2.75) is 55.6 Å². The molecule has 0 radical (unpaired) electrons. The van der Waals surface area contributed by atoms with E-state index < -0.39 is 0 Å². The molecule has 1 aliphatic rings. The van der Waals surface area contributed by atoms with Crippen molar-refractivity contribution in [1.82, 2.24) is 0 Å². The van der Waals surface area contributed by atoms with Crippen molar-refractivity contribution in [1.29, 1.82) is 0 Å². The average molecular weight is 233 g/mol. The van der Waals surface area contributed by atoms with Gasteiger partial charge in [0, 0.05) is 0 Å². The summed E-state index contributed by atoms with van der Waals surface area (Å²) in [7, 11) is 0. The van der Waals surface area contributed by atoms with Crippen LogP contribution in [0.25, 0.3) is 0 Å². The van der Waals surface area contributed by atoms with Gasteiger partial charge < -0.3 is 0 Å². The van der Waals surface area contributed by atoms with Crippen molar-refractivity contribution >= 4 is 20.7 Å². The molecule has 0 spiro atoms. The first-order chi connectivity index (χ1) is 5.83. The molecule has 0 aliphatic heterocycles. The van der Waals surface area contributed by atoms with Crippen LogP contribution in [-0.2, 0) is 4.79 Å². The summed E-state index contributed by atoms with van der Waals surface area (Å²) >= 11 is 0.756. The number of ketones is 1. The zero-order chi connectivity index (χ0) is 8.81. The fraction of sp³-hybridized carbons (Fsp3) is 0.900. The molecule has 1 rings (SSSR count). The van der Waals surface area contributed by atoms with E-state index in [4.69, 9.17) is 0 Å². The number of unbranched alkanes of at least 4 members (excludes halogenated alkanes) is 1. The van der Waals surface area contributed by atoms with Crippen LogP contribution in [0.1, 0.15) is 45.4 Å². The first-order valence-corrected chi connectivity index (χ1v) is 7.16. The minimum absolute atomic E-state index is 0.518. The van der Waals surface area contributed by atoms with E-state index in [1.165, 1.54) is 24.6 Å². The van der Waals surface area contributed by atoms with E-state index >= 15 is 0 Å². The number of Topliss-reactive ketones (excluding diaryl/α,β-unsaturated/α-hetero) is 1. The predicted molar refractivity (Wildman–Crippen MR) is 52.7 cm³/mol. The Labute approximate surface area is 81.5 Å². The average Bonchev–Trinajstić information content (AvgIpc) is 2.05. The second-order valence-corrected chi connectivity index (χ2v) is 6.44. The Morgan fingerprint density at radius 2 is 2.42 bits per heavy atom. The summed E-state index contributed by atoms with van der Waals surface area (Å²) < 4.78 is 0. The van der Waals surface area contributed by atoms with Crippen LogP contribution in [-0.4, -0.2) is 20.7 Å². The summed E-state index contributed by atoms with van der Waals surface area (Å²) in [5.41, 5.74) is 0. The SMILES string of the molecule is CCCC[Se]C1CCCC(=O)C1. The molecule has 1 saturated carbocycles. The van der Waals surface area contributed by atoms with Gasteiger partial charge in [-0.05, 0) is 0 Å². The van der Waals surface area contributed by atoms with Crippen molar-refractivity contribution in [2.75, 3.05) is 0 Å². The maximum absolute atomic E-state index is 11.1. The van der Waals surface area contributed by atoms with E-state index in [1.54, 1.807) is 0 Å². The molecule has 70 valence electrons. The van der Waals surface area contributed by atoms with Gasteiger partial charge in [-0.1, -0.05) is 0 Å². The van der Waals surface area contributed by atoms with Crippen LogP contribution in [0.15, 0.2) is 0 Å². The van der Waals surface area contributed by atoms with Crippen LogP contribution in [0.2, 0.25) is 10.1 Å². The Hall–Kier alpha value is 0.189. The van der Waals surface area contributed by atoms with Gasteiger partial charge in [0.05, 0.1) is 0 Å². The molecule has 1 unspecified atom stereocenters. The molecule has 1 nitrogen and oxygen atoms in total. The molecule has 0 heterocycles. The second kappa shape index (κ2) is 5.77. The Morgan fingerprint density at radius 3 is 3.08 bits per heavy atom. The summed E-state index contributed by atoms with van der Waals surface area (Å²) in [6.07, 6.45) is 6.93. The third kappa shape index (κ3) is 3.73. The van der Waals surface area contributed by atoms with E-state index in [-0.39, 0.29) is 0 Å². The van der Waals surface area contributed by atoms with Gasteiger partial charge in [0.25, 0.3) is 0 Å². The first-order valence-electron chi connectivity index (χ1n) is 4.96. The maximum atomic E-state index is 11.1. The van der Waals surface area contributed by atoms with E-state index in [0.717, 1.165) is 39.0 Å². The Morgan fingerprint density at radius 1 is 1.58 bits per heavy atom. The number of hydrogen-bond donors (Lipinski definition) is 0. The van der Waals surface area contributed by atoms with Crippen LogP contribution < -0.4 is 0 Å². The standard InChI is InChI=1S/C10H18OSe/c1-2-3-7-12-10-6-4-5-9(11)8-10/h10H,2-8H2,1H3. The van der Waals surface area contributed by atoms with Crippen LogP contribution >= 0.6 is 0 Å². The molecule has 1 fully saturated rings. The van der Waals surface area contributed by atoms with Crippen LogP contribution in [0.5, 0.6) is 0 Å². The monoisotopic (exact) mass is 234 g/mol. The molecule has 1 aliphatic carbocycles. The molecule has 2 heteroatoms. The number of carbonyl (C=O) groups excluding carboxylic acids is 1. The Kier molecular flexibility index (Phi) is 4.94. The second-order valence-electron chi connectivity index (χ2n) is 3.48. The molecule has 0 amide bonds. The summed E-state index contributed by atoms with van der Waals surface area (Å²) in [5.74, 6) is 0.518. The third-order valence-electron chi connectivity index (χ3n) is 2.29. The van der Waals surface area contributed by atoms with E-state index in [2.05, 4.69) is 6.92 Å². The summed E-state index contributed by atoms with van der Waals surface area (Å²) in [4.78, 5) is 11.9. The van der Waals surface area contributed by atoms with Crippen LogP contribution in [0.4, 0.5) is 0 Å². The van der Waals surface area contributed by atoms with Gasteiger partial charge in [-0.2, -0.15) is 0 Å². The number of hydrogen-bond acceptors (Lipinski definition) is 1. The summed E-state index contributed by atoms with van der Waals surface area (Å²) in [5, 5.41) is 1.39. The molecule has 1 atom stereocenters. The van der Waals surface area contributed by atoms with E-state index in [0.29, 0.717) is 5.78 Å². The minimum atomic E-state index is 0.518. The summed E-state index contributed by atoms with van der Waals surface area (Å²) in [6.45, 7) is 2.24. The first kappa shape index (κ1) is 10.3. The topological polar surface area (TPSA) is 17.1 Å². The van der Waals surface area contributed by atoms with Gasteiger partial charge in [0.15, 0.2) is 0 Å². The summed E-state index contributed by atoms with van der Waals surface area (Å²) in [6, 6.07) is 0. The van der Waals surface area contributed by atoms with Crippen LogP contribution in [0.3, 0.4) is 0 Å².